The fourth-order valence-corrected chi connectivity index (χ4v) is 3.13. The van der Waals surface area contributed by atoms with E-state index in [9.17, 15) is 14.7 Å². The Kier molecular flexibility index (Phi) is 4.42. The number of β-amino-alcohol motifs (C(OH)–C–C–N with tert-alkyl or cyclic N) is 1. The van der Waals surface area contributed by atoms with Gasteiger partial charge in [-0.3, -0.25) is 9.59 Å². The van der Waals surface area contributed by atoms with Crippen LogP contribution in [-0.4, -0.2) is 46.3 Å². The molecule has 0 bridgehead atoms. The minimum Gasteiger partial charge on any atom is -0.481 e. The van der Waals surface area contributed by atoms with E-state index in [0.29, 0.717) is 13.0 Å². The van der Waals surface area contributed by atoms with E-state index in [2.05, 4.69) is 10.6 Å². The van der Waals surface area contributed by atoms with Crippen LogP contribution in [0, 0.1) is 0 Å². The lowest BCUT2D eigenvalue weighted by atomic mass is 9.79. The molecule has 0 aromatic carbocycles. The van der Waals surface area contributed by atoms with Crippen molar-refractivity contribution in [1.82, 2.24) is 10.6 Å². The van der Waals surface area contributed by atoms with Crippen LogP contribution in [-0.2, 0) is 9.59 Å². The van der Waals surface area contributed by atoms with Crippen LogP contribution in [0.15, 0.2) is 0 Å². The van der Waals surface area contributed by atoms with Crippen molar-refractivity contribution in [3.05, 3.63) is 0 Å². The van der Waals surface area contributed by atoms with E-state index in [4.69, 9.17) is 5.11 Å². The van der Waals surface area contributed by atoms with Crippen molar-refractivity contribution in [3.63, 3.8) is 0 Å². The third kappa shape index (κ3) is 3.67. The maximum absolute atomic E-state index is 12.2. The van der Waals surface area contributed by atoms with Crippen LogP contribution in [0.25, 0.3) is 0 Å². The van der Waals surface area contributed by atoms with Crippen molar-refractivity contribution in [2.75, 3.05) is 6.54 Å². The summed E-state index contributed by atoms with van der Waals surface area (Å²) in [6.45, 7) is 0.421. The summed E-state index contributed by atoms with van der Waals surface area (Å²) in [5.74, 6) is -1.05. The molecular weight excluding hydrogens is 248 g/mol. The first-order valence-electron chi connectivity index (χ1n) is 6.96. The SMILES string of the molecule is O=C(O)CC1(NC(=O)C2CC(O)CN2)CCCCC1. The summed E-state index contributed by atoms with van der Waals surface area (Å²) in [6, 6.07) is -0.400. The van der Waals surface area contributed by atoms with Gasteiger partial charge in [-0.05, 0) is 19.3 Å². The third-order valence-corrected chi connectivity index (χ3v) is 4.11. The lowest BCUT2D eigenvalue weighted by molar-refractivity contribution is -0.139. The zero-order valence-electron chi connectivity index (χ0n) is 11.0. The zero-order chi connectivity index (χ0) is 13.9. The minimum atomic E-state index is -0.874. The number of aliphatic hydroxyl groups is 1. The second-order valence-corrected chi connectivity index (χ2v) is 5.75. The highest BCUT2D eigenvalue weighted by molar-refractivity contribution is 5.83. The summed E-state index contributed by atoms with van der Waals surface area (Å²) >= 11 is 0. The Morgan fingerprint density at radius 3 is 2.47 bits per heavy atom. The van der Waals surface area contributed by atoms with Crippen LogP contribution in [0.1, 0.15) is 44.9 Å². The first kappa shape index (κ1) is 14.3. The van der Waals surface area contributed by atoms with Gasteiger partial charge in [0.25, 0.3) is 0 Å². The van der Waals surface area contributed by atoms with E-state index in [0.717, 1.165) is 32.1 Å². The zero-order valence-corrected chi connectivity index (χ0v) is 11.0. The molecule has 2 aliphatic rings. The fraction of sp³-hybridized carbons (Fsp3) is 0.846. The van der Waals surface area contributed by atoms with Gasteiger partial charge in [0.2, 0.25) is 5.91 Å². The van der Waals surface area contributed by atoms with E-state index in [1.54, 1.807) is 0 Å². The number of nitrogens with one attached hydrogen (secondary N) is 2. The van der Waals surface area contributed by atoms with Gasteiger partial charge in [0.15, 0.2) is 0 Å². The molecule has 0 spiro atoms. The maximum Gasteiger partial charge on any atom is 0.305 e. The quantitative estimate of drug-likeness (QED) is 0.576. The van der Waals surface area contributed by atoms with Crippen molar-refractivity contribution >= 4 is 11.9 Å². The lowest BCUT2D eigenvalue weighted by Crippen LogP contribution is -2.55. The Morgan fingerprint density at radius 1 is 1.26 bits per heavy atom. The van der Waals surface area contributed by atoms with Gasteiger partial charge < -0.3 is 20.8 Å². The van der Waals surface area contributed by atoms with Gasteiger partial charge in [-0.15, -0.1) is 0 Å². The highest BCUT2D eigenvalue weighted by Crippen LogP contribution is 2.31. The van der Waals surface area contributed by atoms with Gasteiger partial charge in [-0.25, -0.2) is 0 Å². The van der Waals surface area contributed by atoms with E-state index in [1.165, 1.54) is 0 Å². The molecule has 1 amide bonds. The van der Waals surface area contributed by atoms with Crippen molar-refractivity contribution in [3.8, 4) is 0 Å². The van der Waals surface area contributed by atoms with Gasteiger partial charge in [0.05, 0.1) is 24.1 Å². The Labute approximate surface area is 112 Å². The molecule has 19 heavy (non-hydrogen) atoms. The molecule has 108 valence electrons. The standard InChI is InChI=1S/C13H22N2O4/c16-9-6-10(14-8-9)12(19)15-13(7-11(17)18)4-2-1-3-5-13/h9-10,14,16H,1-8H2,(H,15,19)(H,17,18). The van der Waals surface area contributed by atoms with E-state index in [-0.39, 0.29) is 12.3 Å². The molecule has 0 radical (unpaired) electrons. The number of carbonyl (C=O) groups excluding carboxylic acids is 1. The van der Waals surface area contributed by atoms with Crippen LogP contribution >= 0.6 is 0 Å². The Hall–Kier alpha value is -1.14. The van der Waals surface area contributed by atoms with E-state index < -0.39 is 23.7 Å². The smallest absolute Gasteiger partial charge is 0.305 e. The Bertz CT molecular complexity index is 353. The number of carbonyl (C=O) groups is 2. The topological polar surface area (TPSA) is 98.7 Å². The van der Waals surface area contributed by atoms with Crippen molar-refractivity contribution in [2.45, 2.75) is 62.6 Å². The lowest BCUT2D eigenvalue weighted by Gasteiger charge is -2.37. The Balaban J connectivity index is 1.99. The molecule has 4 N–H and O–H groups in total. The molecule has 1 heterocycles. The van der Waals surface area contributed by atoms with Gasteiger partial charge >= 0.3 is 5.97 Å². The average Bonchev–Trinajstić information content (AvgIpc) is 2.76. The monoisotopic (exact) mass is 270 g/mol. The first-order chi connectivity index (χ1) is 9.01. The molecule has 1 saturated carbocycles. The first-order valence-corrected chi connectivity index (χ1v) is 6.96. The molecule has 1 aliphatic heterocycles. The van der Waals surface area contributed by atoms with Gasteiger partial charge in [-0.1, -0.05) is 19.3 Å². The molecule has 6 nitrogen and oxygen atoms in total. The summed E-state index contributed by atoms with van der Waals surface area (Å²) in [5, 5.41) is 24.4. The molecule has 1 aliphatic carbocycles. The summed E-state index contributed by atoms with van der Waals surface area (Å²) < 4.78 is 0. The van der Waals surface area contributed by atoms with Gasteiger partial charge in [-0.2, -0.15) is 0 Å². The van der Waals surface area contributed by atoms with Crippen molar-refractivity contribution < 1.29 is 19.8 Å². The highest BCUT2D eigenvalue weighted by atomic mass is 16.4. The molecular formula is C13H22N2O4. The number of hydrogen-bond acceptors (Lipinski definition) is 4. The van der Waals surface area contributed by atoms with Gasteiger partial charge in [0, 0.05) is 6.54 Å². The predicted octanol–water partition coefficient (Wildman–Crippen LogP) is 0.00300. The molecule has 6 heteroatoms. The Morgan fingerprint density at radius 2 is 1.95 bits per heavy atom. The summed E-state index contributed by atoms with van der Waals surface area (Å²) in [5.41, 5.74) is -0.601. The van der Waals surface area contributed by atoms with Gasteiger partial charge in [0.1, 0.15) is 0 Å². The number of rotatable bonds is 4. The van der Waals surface area contributed by atoms with Crippen molar-refractivity contribution in [2.24, 2.45) is 0 Å². The van der Waals surface area contributed by atoms with Crippen LogP contribution in [0.5, 0.6) is 0 Å². The summed E-state index contributed by atoms with van der Waals surface area (Å²) in [7, 11) is 0. The molecule has 0 aromatic rings. The molecule has 2 unspecified atom stereocenters. The van der Waals surface area contributed by atoms with Crippen LogP contribution in [0.3, 0.4) is 0 Å². The second kappa shape index (κ2) is 5.88. The molecule has 0 aromatic heterocycles. The van der Waals surface area contributed by atoms with Crippen LogP contribution < -0.4 is 10.6 Å². The fourth-order valence-electron chi connectivity index (χ4n) is 3.13. The summed E-state index contributed by atoms with van der Waals surface area (Å²) in [4.78, 5) is 23.2. The summed E-state index contributed by atoms with van der Waals surface area (Å²) in [6.07, 6.45) is 4.33. The number of hydrogen-bond donors (Lipinski definition) is 4. The molecule has 2 fully saturated rings. The third-order valence-electron chi connectivity index (χ3n) is 4.11. The van der Waals surface area contributed by atoms with E-state index in [1.807, 2.05) is 0 Å². The minimum absolute atomic E-state index is 0.0198. The number of amides is 1. The second-order valence-electron chi connectivity index (χ2n) is 5.75. The number of carboxylic acid groups (broad SMARTS) is 1. The maximum atomic E-state index is 12.2. The van der Waals surface area contributed by atoms with Crippen LogP contribution in [0.4, 0.5) is 0 Å². The highest BCUT2D eigenvalue weighted by Gasteiger charge is 2.38. The molecule has 2 atom stereocenters. The van der Waals surface area contributed by atoms with Crippen molar-refractivity contribution in [1.29, 1.82) is 0 Å². The normalized spacial score (nSPS) is 29.9. The number of aliphatic carboxylic acids is 1. The van der Waals surface area contributed by atoms with E-state index >= 15 is 0 Å². The average molecular weight is 270 g/mol. The molecule has 1 saturated heterocycles. The number of carboxylic acids is 1. The molecule has 2 rings (SSSR count). The predicted molar refractivity (Wildman–Crippen MR) is 68.6 cm³/mol. The van der Waals surface area contributed by atoms with Crippen LogP contribution in [0.2, 0.25) is 0 Å². The number of aliphatic hydroxyl groups excluding tert-OH is 1. The largest absolute Gasteiger partial charge is 0.481 e.